The molecule has 10 heteroatoms. The maximum Gasteiger partial charge on any atom is 0.281 e. The van der Waals surface area contributed by atoms with Crippen molar-refractivity contribution in [2.75, 3.05) is 6.26 Å². The summed E-state index contributed by atoms with van der Waals surface area (Å²) in [6.45, 7) is 1.44. The minimum Gasteiger partial charge on any atom is -0.476 e. The van der Waals surface area contributed by atoms with Gasteiger partial charge in [-0.25, -0.2) is 8.42 Å². The van der Waals surface area contributed by atoms with Crippen molar-refractivity contribution in [1.29, 1.82) is 0 Å². The predicted octanol–water partition coefficient (Wildman–Crippen LogP) is 1.01. The summed E-state index contributed by atoms with van der Waals surface area (Å²) in [5, 5.41) is 11.3. The van der Waals surface area contributed by atoms with Gasteiger partial charge < -0.3 is 4.74 Å². The van der Waals surface area contributed by atoms with Crippen LogP contribution in [0.2, 0.25) is 0 Å². The van der Waals surface area contributed by atoms with Gasteiger partial charge in [-0.1, -0.05) is 0 Å². The van der Waals surface area contributed by atoms with Gasteiger partial charge in [-0.15, -0.1) is 0 Å². The van der Waals surface area contributed by atoms with E-state index in [-0.39, 0.29) is 17.1 Å². The number of carbonyl (C=O) groups excluding carboxylic acids is 3. The third kappa shape index (κ3) is 2.62. The van der Waals surface area contributed by atoms with Gasteiger partial charge in [0.05, 0.1) is 15.4 Å². The first-order chi connectivity index (χ1) is 12.0. The average molecular weight is 379 g/mol. The number of hydrogen-bond acceptors (Lipinski definition) is 8. The zero-order valence-corrected chi connectivity index (χ0v) is 14.5. The maximum atomic E-state index is 12.8. The molecule has 2 aliphatic rings. The van der Waals surface area contributed by atoms with Gasteiger partial charge in [-0.05, 0) is 25.1 Å². The molecule has 0 saturated carbocycles. The monoisotopic (exact) mass is 379 g/mol. The van der Waals surface area contributed by atoms with Crippen molar-refractivity contribution < 1.29 is 32.5 Å². The smallest absolute Gasteiger partial charge is 0.281 e. The van der Waals surface area contributed by atoms with Gasteiger partial charge in [0.1, 0.15) is 0 Å². The van der Waals surface area contributed by atoms with Crippen molar-refractivity contribution in [3.8, 4) is 0 Å². The molecule has 0 spiro atoms. The van der Waals surface area contributed by atoms with Crippen LogP contribution in [0.4, 0.5) is 5.69 Å². The predicted molar refractivity (Wildman–Crippen MR) is 86.2 cm³/mol. The number of ether oxygens (including phenoxy) is 1. The number of benzene rings is 1. The lowest BCUT2D eigenvalue weighted by Crippen LogP contribution is -2.50. The number of nitro groups is 1. The van der Waals surface area contributed by atoms with E-state index in [4.69, 9.17) is 4.74 Å². The van der Waals surface area contributed by atoms with Crippen molar-refractivity contribution in [3.63, 3.8) is 0 Å². The number of carbonyl (C=O) groups is 3. The van der Waals surface area contributed by atoms with Crippen LogP contribution in [0.3, 0.4) is 0 Å². The van der Waals surface area contributed by atoms with Crippen LogP contribution in [0.25, 0.3) is 0 Å². The topological polar surface area (TPSA) is 138 Å². The summed E-state index contributed by atoms with van der Waals surface area (Å²) in [4.78, 5) is 47.8. The molecular weight excluding hydrogens is 366 g/mol. The van der Waals surface area contributed by atoms with Crippen LogP contribution < -0.4 is 0 Å². The second kappa shape index (κ2) is 5.56. The second-order valence-corrected chi connectivity index (χ2v) is 8.36. The van der Waals surface area contributed by atoms with E-state index in [0.717, 1.165) is 24.5 Å². The lowest BCUT2D eigenvalue weighted by atomic mass is 9.81. The van der Waals surface area contributed by atoms with E-state index in [0.29, 0.717) is 0 Å². The number of fused-ring (bicyclic) bond motifs is 2. The van der Waals surface area contributed by atoms with Crippen LogP contribution in [-0.2, 0) is 24.2 Å². The Hall–Kier alpha value is -2.88. The number of allylic oxidation sites excluding steroid dienone is 1. The summed E-state index contributed by atoms with van der Waals surface area (Å²) >= 11 is 0. The lowest BCUT2D eigenvalue weighted by molar-refractivity contribution is -0.385. The number of Topliss-reactive ketones (excluding diaryl/α,β-unsaturated/α-hetero) is 3. The van der Waals surface area contributed by atoms with Gasteiger partial charge >= 0.3 is 0 Å². The van der Waals surface area contributed by atoms with Crippen LogP contribution in [-0.4, -0.2) is 42.5 Å². The summed E-state index contributed by atoms with van der Waals surface area (Å²) < 4.78 is 28.4. The highest BCUT2D eigenvalue weighted by atomic mass is 32.2. The van der Waals surface area contributed by atoms with E-state index < -0.39 is 54.9 Å². The Balaban J connectivity index is 2.11. The summed E-state index contributed by atoms with van der Waals surface area (Å²) in [6.07, 6.45) is 2.41. The van der Waals surface area contributed by atoms with Gasteiger partial charge in [0.2, 0.25) is 5.78 Å². The lowest BCUT2D eigenvalue weighted by Gasteiger charge is -2.31. The molecule has 1 aromatic carbocycles. The fraction of sp³-hybridized carbons (Fsp3) is 0.312. The Morgan fingerprint density at radius 3 is 2.58 bits per heavy atom. The fourth-order valence-electron chi connectivity index (χ4n) is 2.98. The molecule has 26 heavy (non-hydrogen) atoms. The number of hydrogen-bond donors (Lipinski definition) is 0. The zero-order chi connectivity index (χ0) is 19.4. The molecule has 1 fully saturated rings. The Morgan fingerprint density at radius 1 is 1.35 bits per heavy atom. The molecule has 0 N–H and O–H groups in total. The Bertz CT molecular complexity index is 1020. The SMILES string of the molecule is CC12CC=C(O1)C(=O)C(C(=O)c1ccc(S(C)(=O)=O)cc1[N+](=O)[O-])C2=O. The molecule has 9 nitrogen and oxygen atoms in total. The summed E-state index contributed by atoms with van der Waals surface area (Å²) in [7, 11) is -3.74. The van der Waals surface area contributed by atoms with Gasteiger partial charge in [-0.2, -0.15) is 0 Å². The average Bonchev–Trinajstić information content (AvgIpc) is 2.93. The number of nitrogens with zero attached hydrogens (tertiary/aromatic N) is 1. The summed E-state index contributed by atoms with van der Waals surface area (Å²) in [6, 6.07) is 2.72. The van der Waals surface area contributed by atoms with Gasteiger partial charge in [0, 0.05) is 18.7 Å². The van der Waals surface area contributed by atoms with E-state index in [1.165, 1.54) is 13.0 Å². The van der Waals surface area contributed by atoms with Crippen LogP contribution >= 0.6 is 0 Å². The quantitative estimate of drug-likeness (QED) is 0.327. The molecule has 0 aromatic heterocycles. The molecule has 2 aliphatic heterocycles. The van der Waals surface area contributed by atoms with E-state index in [1.54, 1.807) is 0 Å². The molecule has 0 aliphatic carbocycles. The van der Waals surface area contributed by atoms with Crippen LogP contribution in [0, 0.1) is 16.0 Å². The molecule has 3 rings (SSSR count). The van der Waals surface area contributed by atoms with Crippen molar-refractivity contribution in [1.82, 2.24) is 0 Å². The zero-order valence-electron chi connectivity index (χ0n) is 13.7. The summed E-state index contributed by atoms with van der Waals surface area (Å²) in [5.41, 5.74) is -2.64. The van der Waals surface area contributed by atoms with Crippen LogP contribution in [0.5, 0.6) is 0 Å². The van der Waals surface area contributed by atoms with Crippen LogP contribution in [0.1, 0.15) is 23.7 Å². The Kier molecular flexibility index (Phi) is 3.83. The summed E-state index contributed by atoms with van der Waals surface area (Å²) in [5.74, 6) is -4.52. The number of ketones is 3. The van der Waals surface area contributed by atoms with Gasteiger partial charge in [0.25, 0.3) is 5.69 Å². The molecule has 2 heterocycles. The first-order valence-corrected chi connectivity index (χ1v) is 9.35. The van der Waals surface area contributed by atoms with E-state index in [1.807, 2.05) is 0 Å². The number of rotatable bonds is 4. The normalized spacial score (nSPS) is 24.8. The van der Waals surface area contributed by atoms with Crippen molar-refractivity contribution >= 4 is 32.9 Å². The van der Waals surface area contributed by atoms with Crippen LogP contribution in [0.15, 0.2) is 34.9 Å². The van der Waals surface area contributed by atoms with Crippen molar-refractivity contribution in [3.05, 3.63) is 45.7 Å². The standard InChI is InChI=1S/C16H13NO8S/c1-16-6-5-11(25-16)14(19)12(15(16)20)13(18)9-4-3-8(26(2,23)24)7-10(9)17(21)22/h3-5,7,12H,6H2,1-2H3. The molecule has 2 atom stereocenters. The molecule has 0 amide bonds. The molecule has 1 aromatic rings. The Morgan fingerprint density at radius 2 is 2.00 bits per heavy atom. The molecular formula is C16H13NO8S. The van der Waals surface area contributed by atoms with E-state index in [2.05, 4.69) is 0 Å². The largest absolute Gasteiger partial charge is 0.476 e. The highest BCUT2D eigenvalue weighted by Crippen LogP contribution is 2.40. The highest BCUT2D eigenvalue weighted by Gasteiger charge is 2.55. The maximum absolute atomic E-state index is 12.8. The van der Waals surface area contributed by atoms with Gasteiger partial charge in [0.15, 0.2) is 38.7 Å². The van der Waals surface area contributed by atoms with Gasteiger partial charge in [-0.3, -0.25) is 24.5 Å². The first kappa shape index (κ1) is 17.9. The third-order valence-corrected chi connectivity index (χ3v) is 5.53. The molecule has 136 valence electrons. The highest BCUT2D eigenvalue weighted by molar-refractivity contribution is 7.90. The number of sulfone groups is 1. The molecule has 1 saturated heterocycles. The second-order valence-electron chi connectivity index (χ2n) is 6.34. The molecule has 0 radical (unpaired) electrons. The molecule has 2 unspecified atom stereocenters. The molecule has 2 bridgehead atoms. The number of nitro benzene ring substituents is 1. The fourth-order valence-corrected chi connectivity index (χ4v) is 3.62. The van der Waals surface area contributed by atoms with Crippen molar-refractivity contribution in [2.24, 2.45) is 5.92 Å². The van der Waals surface area contributed by atoms with Crippen molar-refractivity contribution in [2.45, 2.75) is 23.8 Å². The van der Waals surface area contributed by atoms with E-state index >= 15 is 0 Å². The Labute approximate surface area is 147 Å². The minimum atomic E-state index is -3.74. The van der Waals surface area contributed by atoms with E-state index in [9.17, 15) is 32.9 Å². The minimum absolute atomic E-state index is 0.110. The third-order valence-electron chi connectivity index (χ3n) is 4.42. The first-order valence-electron chi connectivity index (χ1n) is 7.46.